The maximum atomic E-state index is 13.3. The second kappa shape index (κ2) is 6.03. The second-order valence-electron chi connectivity index (χ2n) is 5.41. The van der Waals surface area contributed by atoms with Crippen LogP contribution in [0.5, 0.6) is 0 Å². The highest BCUT2D eigenvalue weighted by Crippen LogP contribution is 2.36. The SMILES string of the molecule is N#Cc1cc(F)cc(NCC2(CO)CCCCC2)c1. The highest BCUT2D eigenvalue weighted by Gasteiger charge is 2.31. The Labute approximate surface area is 113 Å². The molecule has 0 spiro atoms. The fourth-order valence-electron chi connectivity index (χ4n) is 2.74. The zero-order valence-electron chi connectivity index (χ0n) is 11.0. The number of aliphatic hydroxyl groups excluding tert-OH is 1. The van der Waals surface area contributed by atoms with E-state index in [1.54, 1.807) is 6.07 Å². The van der Waals surface area contributed by atoms with Crippen molar-refractivity contribution < 1.29 is 9.50 Å². The summed E-state index contributed by atoms with van der Waals surface area (Å²) in [5.41, 5.74) is 0.816. The van der Waals surface area contributed by atoms with E-state index in [1.165, 1.54) is 18.6 Å². The van der Waals surface area contributed by atoms with Crippen LogP contribution in [0.15, 0.2) is 18.2 Å². The first-order chi connectivity index (χ1) is 9.17. The predicted octanol–water partition coefficient (Wildman–Crippen LogP) is 3.05. The van der Waals surface area contributed by atoms with Gasteiger partial charge >= 0.3 is 0 Å². The van der Waals surface area contributed by atoms with E-state index in [4.69, 9.17) is 5.26 Å². The van der Waals surface area contributed by atoms with Gasteiger partial charge in [0.05, 0.1) is 18.2 Å². The molecule has 2 rings (SSSR count). The van der Waals surface area contributed by atoms with Gasteiger partial charge in [0.25, 0.3) is 0 Å². The first-order valence-electron chi connectivity index (χ1n) is 6.73. The quantitative estimate of drug-likeness (QED) is 0.876. The van der Waals surface area contributed by atoms with Crippen molar-refractivity contribution in [3.05, 3.63) is 29.6 Å². The molecule has 0 heterocycles. The summed E-state index contributed by atoms with van der Waals surface area (Å²) < 4.78 is 13.3. The van der Waals surface area contributed by atoms with Crippen LogP contribution in [-0.4, -0.2) is 18.3 Å². The molecule has 19 heavy (non-hydrogen) atoms. The van der Waals surface area contributed by atoms with Gasteiger partial charge in [-0.05, 0) is 31.0 Å². The summed E-state index contributed by atoms with van der Waals surface area (Å²) in [4.78, 5) is 0. The predicted molar refractivity (Wildman–Crippen MR) is 72.2 cm³/mol. The van der Waals surface area contributed by atoms with Crippen molar-refractivity contribution >= 4 is 5.69 Å². The lowest BCUT2D eigenvalue weighted by Crippen LogP contribution is -2.35. The molecule has 0 radical (unpaired) electrons. The first kappa shape index (κ1) is 13.8. The molecule has 0 aromatic heterocycles. The van der Waals surface area contributed by atoms with E-state index in [0.29, 0.717) is 17.8 Å². The Morgan fingerprint density at radius 3 is 2.63 bits per heavy atom. The van der Waals surface area contributed by atoms with Gasteiger partial charge in [-0.15, -0.1) is 0 Å². The number of anilines is 1. The second-order valence-corrected chi connectivity index (χ2v) is 5.41. The standard InChI is InChI=1S/C15H19FN2O/c16-13-6-12(9-17)7-14(8-13)18-10-15(11-19)4-2-1-3-5-15/h6-8,18-19H,1-5,10-11H2. The fraction of sp³-hybridized carbons (Fsp3) is 0.533. The number of nitrogens with zero attached hydrogens (tertiary/aromatic N) is 1. The summed E-state index contributed by atoms with van der Waals surface area (Å²) in [7, 11) is 0. The Bertz CT molecular complexity index is 476. The van der Waals surface area contributed by atoms with Crippen molar-refractivity contribution in [1.82, 2.24) is 0 Å². The molecule has 0 bridgehead atoms. The molecule has 3 nitrogen and oxygen atoms in total. The number of nitrogens with one attached hydrogen (secondary N) is 1. The van der Waals surface area contributed by atoms with Gasteiger partial charge in [0.2, 0.25) is 0 Å². The molecule has 1 saturated carbocycles. The summed E-state index contributed by atoms with van der Waals surface area (Å²) in [5, 5.41) is 21.6. The number of rotatable bonds is 4. The van der Waals surface area contributed by atoms with E-state index in [2.05, 4.69) is 5.32 Å². The van der Waals surface area contributed by atoms with Crippen molar-refractivity contribution in [2.24, 2.45) is 5.41 Å². The smallest absolute Gasteiger partial charge is 0.126 e. The van der Waals surface area contributed by atoms with Crippen LogP contribution in [0.25, 0.3) is 0 Å². The molecular formula is C15H19FN2O. The van der Waals surface area contributed by atoms with Crippen LogP contribution >= 0.6 is 0 Å². The van der Waals surface area contributed by atoms with Crippen molar-refractivity contribution in [3.8, 4) is 6.07 Å². The summed E-state index contributed by atoms with van der Waals surface area (Å²) in [6.45, 7) is 0.776. The number of hydrogen-bond acceptors (Lipinski definition) is 3. The van der Waals surface area contributed by atoms with E-state index < -0.39 is 5.82 Å². The van der Waals surface area contributed by atoms with Gasteiger partial charge in [0, 0.05) is 17.6 Å². The molecule has 102 valence electrons. The van der Waals surface area contributed by atoms with Crippen molar-refractivity contribution in [1.29, 1.82) is 5.26 Å². The summed E-state index contributed by atoms with van der Waals surface area (Å²) in [6, 6.07) is 6.18. The number of halogens is 1. The minimum absolute atomic E-state index is 0.0998. The maximum Gasteiger partial charge on any atom is 0.126 e. The Kier molecular flexibility index (Phi) is 4.39. The van der Waals surface area contributed by atoms with E-state index in [0.717, 1.165) is 25.7 Å². The fourth-order valence-corrected chi connectivity index (χ4v) is 2.74. The van der Waals surface area contributed by atoms with E-state index in [-0.39, 0.29) is 12.0 Å². The largest absolute Gasteiger partial charge is 0.396 e. The molecule has 0 unspecified atom stereocenters. The van der Waals surface area contributed by atoms with E-state index in [1.807, 2.05) is 6.07 Å². The zero-order chi connectivity index (χ0) is 13.7. The zero-order valence-corrected chi connectivity index (χ0v) is 11.0. The van der Waals surface area contributed by atoms with Crippen LogP contribution in [0.1, 0.15) is 37.7 Å². The normalized spacial score (nSPS) is 17.7. The molecule has 0 atom stereocenters. The average Bonchev–Trinajstić information content (AvgIpc) is 2.45. The van der Waals surface area contributed by atoms with E-state index >= 15 is 0 Å². The third-order valence-electron chi connectivity index (χ3n) is 3.94. The molecule has 1 aliphatic rings. The Morgan fingerprint density at radius 2 is 2.00 bits per heavy atom. The minimum Gasteiger partial charge on any atom is -0.396 e. The van der Waals surface area contributed by atoms with Gasteiger partial charge in [-0.1, -0.05) is 19.3 Å². The molecule has 1 aromatic carbocycles. The highest BCUT2D eigenvalue weighted by molar-refractivity contribution is 5.49. The van der Waals surface area contributed by atoms with Crippen LogP contribution < -0.4 is 5.32 Å². The number of aliphatic hydroxyl groups is 1. The van der Waals surface area contributed by atoms with Gasteiger partial charge in [-0.25, -0.2) is 4.39 Å². The Morgan fingerprint density at radius 1 is 1.26 bits per heavy atom. The topological polar surface area (TPSA) is 56.0 Å². The third-order valence-corrected chi connectivity index (χ3v) is 3.94. The lowest BCUT2D eigenvalue weighted by Gasteiger charge is -2.36. The minimum atomic E-state index is -0.414. The average molecular weight is 262 g/mol. The summed E-state index contributed by atoms with van der Waals surface area (Å²) >= 11 is 0. The van der Waals surface area contributed by atoms with Gasteiger partial charge in [0.15, 0.2) is 0 Å². The Hall–Kier alpha value is -1.60. The number of hydrogen-bond donors (Lipinski definition) is 2. The van der Waals surface area contributed by atoms with Crippen molar-refractivity contribution in [2.45, 2.75) is 32.1 Å². The lowest BCUT2D eigenvalue weighted by molar-refractivity contribution is 0.0944. The number of nitriles is 1. The van der Waals surface area contributed by atoms with Gasteiger partial charge in [-0.3, -0.25) is 0 Å². The Balaban J connectivity index is 2.05. The molecule has 2 N–H and O–H groups in total. The molecular weight excluding hydrogens is 243 g/mol. The molecule has 4 heteroatoms. The first-order valence-corrected chi connectivity index (χ1v) is 6.73. The van der Waals surface area contributed by atoms with Crippen LogP contribution in [0.2, 0.25) is 0 Å². The van der Waals surface area contributed by atoms with Crippen molar-refractivity contribution in [3.63, 3.8) is 0 Å². The van der Waals surface area contributed by atoms with E-state index in [9.17, 15) is 9.50 Å². The summed E-state index contributed by atoms with van der Waals surface area (Å²) in [5.74, 6) is -0.414. The molecule has 1 fully saturated rings. The molecule has 0 saturated heterocycles. The third kappa shape index (κ3) is 3.45. The lowest BCUT2D eigenvalue weighted by atomic mass is 9.74. The van der Waals surface area contributed by atoms with Gasteiger partial charge < -0.3 is 10.4 Å². The number of benzene rings is 1. The van der Waals surface area contributed by atoms with Crippen LogP contribution in [0, 0.1) is 22.6 Å². The monoisotopic (exact) mass is 262 g/mol. The van der Waals surface area contributed by atoms with Gasteiger partial charge in [-0.2, -0.15) is 5.26 Å². The molecule has 0 amide bonds. The molecule has 0 aliphatic heterocycles. The van der Waals surface area contributed by atoms with Crippen LogP contribution in [-0.2, 0) is 0 Å². The van der Waals surface area contributed by atoms with Crippen LogP contribution in [0.3, 0.4) is 0 Å². The van der Waals surface area contributed by atoms with Gasteiger partial charge in [0.1, 0.15) is 5.82 Å². The maximum absolute atomic E-state index is 13.3. The molecule has 1 aromatic rings. The van der Waals surface area contributed by atoms with Crippen molar-refractivity contribution in [2.75, 3.05) is 18.5 Å². The highest BCUT2D eigenvalue weighted by atomic mass is 19.1. The molecule has 1 aliphatic carbocycles. The summed E-state index contributed by atoms with van der Waals surface area (Å²) in [6.07, 6.45) is 5.48. The van der Waals surface area contributed by atoms with Crippen LogP contribution in [0.4, 0.5) is 10.1 Å².